The average Bonchev–Trinajstić information content (AvgIpc) is 2.30. The van der Waals surface area contributed by atoms with Gasteiger partial charge in [-0.15, -0.1) is 0 Å². The first kappa shape index (κ1) is 12.7. The highest BCUT2D eigenvalue weighted by atomic mass is 79.9. The number of hydrogen-bond acceptors (Lipinski definition) is 4. The minimum atomic E-state index is 0.423. The van der Waals surface area contributed by atoms with Gasteiger partial charge in [-0.2, -0.15) is 4.98 Å². The van der Waals surface area contributed by atoms with Crippen molar-refractivity contribution in [3.63, 3.8) is 0 Å². The predicted octanol–water partition coefficient (Wildman–Crippen LogP) is 3.49. The second-order valence-electron chi connectivity index (χ2n) is 3.94. The molecule has 0 fully saturated rings. The molecule has 2 rings (SSSR count). The zero-order valence-corrected chi connectivity index (χ0v) is 11.8. The Morgan fingerprint density at radius 1 is 1.28 bits per heavy atom. The average molecular weight is 308 g/mol. The third kappa shape index (κ3) is 2.92. The number of methoxy groups -OCH3 is 1. The Balaban J connectivity index is 2.28. The van der Waals surface area contributed by atoms with Gasteiger partial charge in [-0.3, -0.25) is 0 Å². The van der Waals surface area contributed by atoms with Gasteiger partial charge in [0.2, 0.25) is 5.88 Å². The molecule has 0 aliphatic carbocycles. The lowest BCUT2D eigenvalue weighted by molar-refractivity contribution is 0.401. The fourth-order valence-electron chi connectivity index (χ4n) is 1.64. The summed E-state index contributed by atoms with van der Waals surface area (Å²) < 4.78 is 6.11. The molecule has 0 amide bonds. The van der Waals surface area contributed by atoms with Crippen LogP contribution < -0.4 is 15.8 Å². The van der Waals surface area contributed by atoms with Crippen LogP contribution in [0.15, 0.2) is 34.8 Å². The van der Waals surface area contributed by atoms with Gasteiger partial charge in [-0.1, -0.05) is 15.9 Å². The van der Waals surface area contributed by atoms with Crippen LogP contribution in [0.3, 0.4) is 0 Å². The highest BCUT2D eigenvalue weighted by Crippen LogP contribution is 2.25. The van der Waals surface area contributed by atoms with Crippen molar-refractivity contribution in [1.29, 1.82) is 0 Å². The summed E-state index contributed by atoms with van der Waals surface area (Å²) in [6, 6.07) is 9.64. The van der Waals surface area contributed by atoms with Crippen molar-refractivity contribution in [1.82, 2.24) is 4.98 Å². The molecule has 5 heteroatoms. The van der Waals surface area contributed by atoms with E-state index in [1.165, 1.54) is 0 Å². The van der Waals surface area contributed by atoms with Crippen LogP contribution in [0.4, 0.5) is 17.2 Å². The third-order valence-corrected chi connectivity index (χ3v) is 2.86. The number of nitrogens with one attached hydrogen (secondary N) is 1. The maximum Gasteiger partial charge on any atom is 0.238 e. The monoisotopic (exact) mass is 307 g/mol. The number of aryl methyl sites for hydroxylation is 1. The van der Waals surface area contributed by atoms with Gasteiger partial charge < -0.3 is 15.8 Å². The number of benzene rings is 1. The molecule has 0 aliphatic rings. The lowest BCUT2D eigenvalue weighted by atomic mass is 10.2. The van der Waals surface area contributed by atoms with E-state index in [2.05, 4.69) is 26.2 Å². The number of nitrogens with zero attached hydrogens (tertiary/aromatic N) is 1. The molecule has 0 atom stereocenters. The molecule has 0 spiro atoms. The van der Waals surface area contributed by atoms with Gasteiger partial charge in [-0.05, 0) is 42.8 Å². The highest BCUT2D eigenvalue weighted by Gasteiger charge is 2.04. The second kappa shape index (κ2) is 5.27. The van der Waals surface area contributed by atoms with E-state index in [1.54, 1.807) is 13.2 Å². The molecule has 94 valence electrons. The molecule has 1 aromatic carbocycles. The van der Waals surface area contributed by atoms with Crippen LogP contribution in [-0.2, 0) is 0 Å². The molecular weight excluding hydrogens is 294 g/mol. The number of anilines is 3. The summed E-state index contributed by atoms with van der Waals surface area (Å²) in [7, 11) is 1.55. The van der Waals surface area contributed by atoms with Gasteiger partial charge in [0.1, 0.15) is 5.82 Å². The summed E-state index contributed by atoms with van der Waals surface area (Å²) in [5.41, 5.74) is 8.36. The van der Waals surface area contributed by atoms with Gasteiger partial charge in [0.15, 0.2) is 0 Å². The van der Waals surface area contributed by atoms with E-state index in [4.69, 9.17) is 10.5 Å². The van der Waals surface area contributed by atoms with Gasteiger partial charge in [0.05, 0.1) is 12.8 Å². The zero-order chi connectivity index (χ0) is 13.1. The van der Waals surface area contributed by atoms with E-state index in [-0.39, 0.29) is 0 Å². The van der Waals surface area contributed by atoms with Gasteiger partial charge >= 0.3 is 0 Å². The van der Waals surface area contributed by atoms with E-state index >= 15 is 0 Å². The molecule has 2 aromatic rings. The number of nitrogens with two attached hydrogens (primary N) is 1. The Morgan fingerprint density at radius 2 is 2.06 bits per heavy atom. The first-order chi connectivity index (χ1) is 8.58. The van der Waals surface area contributed by atoms with E-state index in [0.29, 0.717) is 17.4 Å². The van der Waals surface area contributed by atoms with Gasteiger partial charge in [0, 0.05) is 10.2 Å². The van der Waals surface area contributed by atoms with E-state index < -0.39 is 0 Å². The van der Waals surface area contributed by atoms with Crippen molar-refractivity contribution in [2.75, 3.05) is 18.2 Å². The first-order valence-electron chi connectivity index (χ1n) is 5.43. The van der Waals surface area contributed by atoms with Crippen LogP contribution in [0, 0.1) is 6.92 Å². The van der Waals surface area contributed by atoms with Crippen molar-refractivity contribution in [3.05, 3.63) is 40.4 Å². The molecule has 1 aromatic heterocycles. The molecule has 0 bridgehead atoms. The fraction of sp³-hybridized carbons (Fsp3) is 0.154. The molecule has 18 heavy (non-hydrogen) atoms. The van der Waals surface area contributed by atoms with Crippen molar-refractivity contribution >= 4 is 33.1 Å². The zero-order valence-electron chi connectivity index (χ0n) is 10.2. The maximum atomic E-state index is 5.72. The van der Waals surface area contributed by atoms with E-state index in [9.17, 15) is 0 Å². The summed E-state index contributed by atoms with van der Waals surface area (Å²) in [4.78, 5) is 4.27. The number of nitrogen functional groups attached to an aromatic ring is 1. The Bertz CT molecular complexity index is 552. The lowest BCUT2D eigenvalue weighted by Gasteiger charge is -2.09. The van der Waals surface area contributed by atoms with Crippen LogP contribution in [0.1, 0.15) is 5.56 Å². The lowest BCUT2D eigenvalue weighted by Crippen LogP contribution is -1.99. The van der Waals surface area contributed by atoms with Crippen molar-refractivity contribution in [2.45, 2.75) is 6.92 Å². The van der Waals surface area contributed by atoms with Crippen LogP contribution in [0.25, 0.3) is 0 Å². The normalized spacial score (nSPS) is 10.2. The Hall–Kier alpha value is -1.75. The van der Waals surface area contributed by atoms with Crippen LogP contribution in [-0.4, -0.2) is 12.1 Å². The molecule has 0 saturated carbocycles. The number of hydrogen-bond donors (Lipinski definition) is 2. The largest absolute Gasteiger partial charge is 0.479 e. The molecule has 1 heterocycles. The summed E-state index contributed by atoms with van der Waals surface area (Å²) in [5.74, 6) is 1.12. The van der Waals surface area contributed by atoms with Gasteiger partial charge in [0.25, 0.3) is 0 Å². The second-order valence-corrected chi connectivity index (χ2v) is 4.85. The summed E-state index contributed by atoms with van der Waals surface area (Å²) in [6.07, 6.45) is 0. The number of rotatable bonds is 3. The highest BCUT2D eigenvalue weighted by molar-refractivity contribution is 9.10. The predicted molar refractivity (Wildman–Crippen MR) is 77.4 cm³/mol. The third-order valence-electron chi connectivity index (χ3n) is 2.40. The minimum absolute atomic E-state index is 0.423. The van der Waals surface area contributed by atoms with Crippen molar-refractivity contribution in [3.8, 4) is 5.88 Å². The topological polar surface area (TPSA) is 60.2 Å². The standard InChI is InChI=1S/C13H14BrN3O/c1-8-5-9(14)7-10(6-8)16-12-4-3-11(15)13(17-12)18-2/h3-7H,15H2,1-2H3,(H,16,17). The van der Waals surface area contributed by atoms with E-state index in [0.717, 1.165) is 15.7 Å². The van der Waals surface area contributed by atoms with E-state index in [1.807, 2.05) is 31.2 Å². The molecule has 0 saturated heterocycles. The maximum absolute atomic E-state index is 5.72. The van der Waals surface area contributed by atoms with Crippen LogP contribution in [0.5, 0.6) is 5.88 Å². The number of ether oxygens (including phenoxy) is 1. The molecule has 0 unspecified atom stereocenters. The SMILES string of the molecule is COc1nc(Nc2cc(C)cc(Br)c2)ccc1N. The van der Waals surface area contributed by atoms with Crippen LogP contribution >= 0.6 is 15.9 Å². The quantitative estimate of drug-likeness (QED) is 0.911. The number of halogens is 1. The fourth-order valence-corrected chi connectivity index (χ4v) is 2.25. The molecule has 0 radical (unpaired) electrons. The summed E-state index contributed by atoms with van der Waals surface area (Å²) in [5, 5.41) is 3.21. The van der Waals surface area contributed by atoms with Crippen LogP contribution in [0.2, 0.25) is 0 Å². The number of aromatic nitrogens is 1. The van der Waals surface area contributed by atoms with Gasteiger partial charge in [-0.25, -0.2) is 0 Å². The molecule has 3 N–H and O–H groups in total. The smallest absolute Gasteiger partial charge is 0.238 e. The molecule has 0 aliphatic heterocycles. The Kier molecular flexibility index (Phi) is 3.72. The van der Waals surface area contributed by atoms with Crippen molar-refractivity contribution in [2.24, 2.45) is 0 Å². The molecular formula is C13H14BrN3O. The first-order valence-corrected chi connectivity index (χ1v) is 6.22. The minimum Gasteiger partial charge on any atom is -0.479 e. The summed E-state index contributed by atoms with van der Waals surface area (Å²) in [6.45, 7) is 2.03. The van der Waals surface area contributed by atoms with Crippen molar-refractivity contribution < 1.29 is 4.74 Å². The molecule has 4 nitrogen and oxygen atoms in total. The Morgan fingerprint density at radius 3 is 2.72 bits per heavy atom. The summed E-state index contributed by atoms with van der Waals surface area (Å²) >= 11 is 3.46. The Labute approximate surface area is 114 Å². The number of pyridine rings is 1.